The predicted molar refractivity (Wildman–Crippen MR) is 145 cm³/mol. The van der Waals surface area contributed by atoms with E-state index in [0.29, 0.717) is 39.8 Å². The van der Waals surface area contributed by atoms with Crippen molar-refractivity contribution in [2.24, 2.45) is 11.8 Å². The number of ether oxygens (including phenoxy) is 3. The summed E-state index contributed by atoms with van der Waals surface area (Å²) in [4.78, 5) is 26.4. The molecule has 0 aromatic heterocycles. The molecule has 1 aliphatic carbocycles. The van der Waals surface area contributed by atoms with Crippen LogP contribution >= 0.6 is 11.6 Å². The Balaban J connectivity index is 1.44. The monoisotopic (exact) mass is 608 g/mol. The number of halogens is 5. The van der Waals surface area contributed by atoms with Gasteiger partial charge in [-0.2, -0.15) is 0 Å². The molecule has 0 spiro atoms. The topological polar surface area (TPSA) is 97.3 Å². The number of aliphatic carboxylic acids is 1. The number of benzene rings is 3. The highest BCUT2D eigenvalue weighted by Gasteiger charge is 2.43. The van der Waals surface area contributed by atoms with Crippen molar-refractivity contribution in [3.63, 3.8) is 0 Å². The highest BCUT2D eigenvalue weighted by molar-refractivity contribution is 6.30. The van der Waals surface area contributed by atoms with Crippen molar-refractivity contribution in [3.05, 3.63) is 76.6 Å². The number of hydrogen-bond acceptors (Lipinski definition) is 6. The molecule has 1 amide bonds. The molecule has 0 bridgehead atoms. The Labute approximate surface area is 242 Å². The highest BCUT2D eigenvalue weighted by atomic mass is 35.5. The van der Waals surface area contributed by atoms with Crippen LogP contribution in [0.2, 0.25) is 5.02 Å². The molecule has 1 heterocycles. The molecule has 1 fully saturated rings. The summed E-state index contributed by atoms with van der Waals surface area (Å²) in [7, 11) is 1.45. The summed E-state index contributed by atoms with van der Waals surface area (Å²) in [5.41, 5.74) is 1.39. The number of fused-ring (bicyclic) bond motifs is 1. The smallest absolute Gasteiger partial charge is 0.497 e. The van der Waals surface area contributed by atoms with Gasteiger partial charge in [0.25, 0.3) is 5.91 Å². The van der Waals surface area contributed by atoms with Crippen LogP contribution in [0.1, 0.15) is 23.6 Å². The summed E-state index contributed by atoms with van der Waals surface area (Å²) in [6, 6.07) is 12.1. The number of hydrogen-bond donors (Lipinski definition) is 2. The Morgan fingerprint density at radius 3 is 2.48 bits per heavy atom. The van der Waals surface area contributed by atoms with Crippen LogP contribution in [0.4, 0.5) is 28.9 Å². The number of carboxylic acid groups (broad SMARTS) is 1. The molecule has 3 aromatic rings. The Bertz CT molecular complexity index is 1500. The van der Waals surface area contributed by atoms with Gasteiger partial charge in [0.15, 0.2) is 11.6 Å². The number of carboxylic acids is 1. The maximum Gasteiger partial charge on any atom is 0.573 e. The van der Waals surface area contributed by atoms with Crippen LogP contribution in [-0.2, 0) is 16.0 Å². The predicted octanol–water partition coefficient (Wildman–Crippen LogP) is 6.23. The van der Waals surface area contributed by atoms with E-state index in [2.05, 4.69) is 10.1 Å². The SMILES string of the molecule is COc1cc(NC(C(=O)N2CCc3cc(F)c(OC(F)(F)F)cc32)c2ccc(Cl)cc2)cc(OCC2C[C@@H]2C(=O)O)c1. The Morgan fingerprint density at radius 1 is 1.12 bits per heavy atom. The zero-order valence-electron chi connectivity index (χ0n) is 22.1. The van der Waals surface area contributed by atoms with Gasteiger partial charge >= 0.3 is 12.3 Å². The summed E-state index contributed by atoms with van der Waals surface area (Å²) in [6.07, 6.45) is -4.36. The van der Waals surface area contributed by atoms with Gasteiger partial charge in [-0.3, -0.25) is 9.59 Å². The zero-order valence-corrected chi connectivity index (χ0v) is 22.8. The number of anilines is 2. The van der Waals surface area contributed by atoms with Gasteiger partial charge < -0.3 is 29.5 Å². The third-order valence-electron chi connectivity index (χ3n) is 7.10. The number of carbonyl (C=O) groups excluding carboxylic acids is 1. The van der Waals surface area contributed by atoms with Crippen molar-refractivity contribution in [1.82, 2.24) is 0 Å². The number of amides is 1. The van der Waals surface area contributed by atoms with Gasteiger partial charge in [0.1, 0.15) is 17.5 Å². The third kappa shape index (κ3) is 6.64. The fourth-order valence-corrected chi connectivity index (χ4v) is 5.01. The van der Waals surface area contributed by atoms with Gasteiger partial charge in [0.05, 0.1) is 25.3 Å². The second kappa shape index (κ2) is 11.6. The molecule has 13 heteroatoms. The van der Waals surface area contributed by atoms with Gasteiger partial charge in [-0.25, -0.2) is 4.39 Å². The van der Waals surface area contributed by atoms with E-state index in [-0.39, 0.29) is 31.2 Å². The van der Waals surface area contributed by atoms with Crippen molar-refractivity contribution in [1.29, 1.82) is 0 Å². The first-order valence-electron chi connectivity index (χ1n) is 12.9. The molecule has 0 radical (unpaired) electrons. The summed E-state index contributed by atoms with van der Waals surface area (Å²) in [6.45, 7) is 0.292. The van der Waals surface area contributed by atoms with E-state index < -0.39 is 41.8 Å². The fourth-order valence-electron chi connectivity index (χ4n) is 4.88. The maximum absolute atomic E-state index is 14.3. The molecule has 5 rings (SSSR count). The third-order valence-corrected chi connectivity index (χ3v) is 7.35. The van der Waals surface area contributed by atoms with Crippen molar-refractivity contribution in [2.75, 3.05) is 30.5 Å². The number of methoxy groups -OCH3 is 1. The van der Waals surface area contributed by atoms with Crippen LogP contribution in [0.3, 0.4) is 0 Å². The standard InChI is InChI=1S/C29H25ClF4N2O6/c1-40-20-10-19(11-21(12-20)41-14-17-8-22(17)28(38)39)35-26(15-2-4-18(30)5-3-15)27(37)36-7-6-16-9-23(31)25(13-24(16)36)42-29(32,33)34/h2-5,9-13,17,22,26,35H,6-8,14H2,1H3,(H,38,39)/t17?,22-,26?/m0/s1. The summed E-state index contributed by atoms with van der Waals surface area (Å²) >= 11 is 6.06. The van der Waals surface area contributed by atoms with Gasteiger partial charge in [0, 0.05) is 47.4 Å². The lowest BCUT2D eigenvalue weighted by Gasteiger charge is -2.27. The van der Waals surface area contributed by atoms with E-state index in [1.807, 2.05) is 0 Å². The molecule has 222 valence electrons. The van der Waals surface area contributed by atoms with Crippen LogP contribution < -0.4 is 24.4 Å². The van der Waals surface area contributed by atoms with Crippen molar-refractivity contribution >= 4 is 34.9 Å². The molecule has 42 heavy (non-hydrogen) atoms. The van der Waals surface area contributed by atoms with E-state index in [9.17, 15) is 27.2 Å². The number of rotatable bonds is 10. The van der Waals surface area contributed by atoms with Gasteiger partial charge in [0.2, 0.25) is 0 Å². The van der Waals surface area contributed by atoms with E-state index in [0.717, 1.165) is 12.1 Å². The first-order chi connectivity index (χ1) is 19.9. The van der Waals surface area contributed by atoms with Crippen LogP contribution in [0.15, 0.2) is 54.6 Å². The molecule has 0 saturated heterocycles. The molecule has 8 nitrogen and oxygen atoms in total. The maximum atomic E-state index is 14.3. The minimum absolute atomic E-state index is 0.105. The summed E-state index contributed by atoms with van der Waals surface area (Å²) in [5, 5.41) is 12.7. The van der Waals surface area contributed by atoms with Crippen molar-refractivity contribution in [2.45, 2.75) is 25.2 Å². The Kier molecular flexibility index (Phi) is 8.09. The number of alkyl halides is 3. The highest BCUT2D eigenvalue weighted by Crippen LogP contribution is 2.40. The second-order valence-electron chi connectivity index (χ2n) is 9.98. The normalized spacial score (nSPS) is 18.2. The minimum Gasteiger partial charge on any atom is -0.497 e. The van der Waals surface area contributed by atoms with Crippen LogP contribution in [0.5, 0.6) is 17.2 Å². The lowest BCUT2D eigenvalue weighted by Crippen LogP contribution is -2.37. The summed E-state index contributed by atoms with van der Waals surface area (Å²) < 4.78 is 68.0. The Hall–Kier alpha value is -4.19. The number of carbonyl (C=O) groups is 2. The van der Waals surface area contributed by atoms with Crippen molar-refractivity contribution in [3.8, 4) is 17.2 Å². The van der Waals surface area contributed by atoms with E-state index in [1.165, 1.54) is 12.0 Å². The zero-order chi connectivity index (χ0) is 30.2. The minimum atomic E-state index is -5.11. The largest absolute Gasteiger partial charge is 0.573 e. The second-order valence-corrected chi connectivity index (χ2v) is 10.4. The first kappa shape index (κ1) is 29.3. The molecular formula is C29H25ClF4N2O6. The average Bonchev–Trinajstić information content (AvgIpc) is 3.62. The molecule has 1 saturated carbocycles. The van der Waals surface area contributed by atoms with Gasteiger partial charge in [-0.15, -0.1) is 13.2 Å². The molecule has 3 aromatic carbocycles. The van der Waals surface area contributed by atoms with Crippen molar-refractivity contribution < 1.29 is 46.5 Å². The van der Waals surface area contributed by atoms with E-state index >= 15 is 0 Å². The van der Waals surface area contributed by atoms with Crippen LogP contribution in [-0.4, -0.2) is 43.6 Å². The molecule has 3 atom stereocenters. The van der Waals surface area contributed by atoms with E-state index in [1.54, 1.807) is 42.5 Å². The van der Waals surface area contributed by atoms with Crippen LogP contribution in [0.25, 0.3) is 0 Å². The molecule has 2 aliphatic rings. The Morgan fingerprint density at radius 2 is 1.83 bits per heavy atom. The van der Waals surface area contributed by atoms with Gasteiger partial charge in [-0.1, -0.05) is 23.7 Å². The first-order valence-corrected chi connectivity index (χ1v) is 13.3. The van der Waals surface area contributed by atoms with Gasteiger partial charge in [-0.05, 0) is 42.2 Å². The fraction of sp³-hybridized carbons (Fsp3) is 0.310. The molecular weight excluding hydrogens is 584 g/mol. The molecule has 2 N–H and O–H groups in total. The quantitative estimate of drug-likeness (QED) is 0.264. The molecule has 2 unspecified atom stereocenters. The number of nitrogens with one attached hydrogen (secondary N) is 1. The summed E-state index contributed by atoms with van der Waals surface area (Å²) in [5.74, 6) is -3.38. The van der Waals surface area contributed by atoms with E-state index in [4.69, 9.17) is 26.2 Å². The molecule has 1 aliphatic heterocycles. The van der Waals surface area contributed by atoms with Crippen LogP contribution in [0, 0.1) is 17.7 Å². The number of nitrogens with zero attached hydrogens (tertiary/aromatic N) is 1. The lowest BCUT2D eigenvalue weighted by molar-refractivity contribution is -0.275. The lowest BCUT2D eigenvalue weighted by atomic mass is 10.0. The average molecular weight is 609 g/mol.